The average Bonchev–Trinajstić information content (AvgIpc) is 2.30. The van der Waals surface area contributed by atoms with Crippen LogP contribution in [-0.2, 0) is 9.59 Å². The number of rotatable bonds is 3. The van der Waals surface area contributed by atoms with Crippen LogP contribution in [0.4, 0.5) is 5.69 Å². The van der Waals surface area contributed by atoms with Crippen molar-refractivity contribution in [2.24, 2.45) is 0 Å². The lowest BCUT2D eigenvalue weighted by Crippen LogP contribution is -2.35. The van der Waals surface area contributed by atoms with Gasteiger partial charge in [0.2, 0.25) is 0 Å². The van der Waals surface area contributed by atoms with E-state index in [4.69, 9.17) is 0 Å². The van der Waals surface area contributed by atoms with Gasteiger partial charge in [-0.15, -0.1) is 0 Å². The molecule has 0 aliphatic rings. The summed E-state index contributed by atoms with van der Waals surface area (Å²) in [5.41, 5.74) is 1.61. The molecule has 0 aliphatic carbocycles. The number of hydrogen-bond donors (Lipinski definition) is 2. The first-order chi connectivity index (χ1) is 8.04. The number of carbonyl (C=O) groups excluding carboxylic acids is 2. The van der Waals surface area contributed by atoms with Crippen molar-refractivity contribution in [1.29, 1.82) is 0 Å². The van der Waals surface area contributed by atoms with Crippen LogP contribution in [0.5, 0.6) is 0 Å². The van der Waals surface area contributed by atoms with Crippen molar-refractivity contribution < 1.29 is 9.59 Å². The molecular weight excluding hydrogens is 284 g/mol. The van der Waals surface area contributed by atoms with E-state index in [2.05, 4.69) is 26.6 Å². The summed E-state index contributed by atoms with van der Waals surface area (Å²) < 4.78 is 0.964. The minimum atomic E-state index is -0.639. The molecule has 1 aromatic rings. The number of benzene rings is 1. The monoisotopic (exact) mass is 298 g/mol. The molecule has 0 aromatic heterocycles. The van der Waals surface area contributed by atoms with Crippen LogP contribution in [0.2, 0.25) is 0 Å². The molecule has 4 nitrogen and oxygen atoms in total. The van der Waals surface area contributed by atoms with Crippen LogP contribution in [0.15, 0.2) is 22.7 Å². The van der Waals surface area contributed by atoms with Crippen LogP contribution in [0, 0.1) is 6.92 Å². The molecule has 0 bridgehead atoms. The maximum absolute atomic E-state index is 11.5. The van der Waals surface area contributed by atoms with Crippen LogP contribution in [-0.4, -0.2) is 18.4 Å². The van der Waals surface area contributed by atoms with Crippen LogP contribution in [0.25, 0.3) is 0 Å². The normalized spacial score (nSPS) is 9.82. The Bertz CT molecular complexity index is 433. The predicted molar refractivity (Wildman–Crippen MR) is 70.8 cm³/mol. The van der Waals surface area contributed by atoms with E-state index < -0.39 is 11.8 Å². The van der Waals surface area contributed by atoms with Gasteiger partial charge in [0.05, 0.1) is 0 Å². The highest BCUT2D eigenvalue weighted by atomic mass is 79.9. The Balaban J connectivity index is 2.61. The van der Waals surface area contributed by atoms with E-state index in [1.54, 1.807) is 12.1 Å². The van der Waals surface area contributed by atoms with Gasteiger partial charge in [-0.05, 0) is 37.1 Å². The Morgan fingerprint density at radius 3 is 2.59 bits per heavy atom. The number of nitrogens with one attached hydrogen (secondary N) is 2. The van der Waals surface area contributed by atoms with Gasteiger partial charge in [-0.2, -0.15) is 0 Å². The first-order valence-corrected chi connectivity index (χ1v) is 6.19. The van der Waals surface area contributed by atoms with Gasteiger partial charge in [0.1, 0.15) is 0 Å². The molecule has 0 spiro atoms. The van der Waals surface area contributed by atoms with Crippen LogP contribution >= 0.6 is 15.9 Å². The zero-order chi connectivity index (χ0) is 12.8. The molecule has 1 aromatic carbocycles. The molecule has 2 amide bonds. The summed E-state index contributed by atoms with van der Waals surface area (Å²) in [6, 6.07) is 5.37. The van der Waals surface area contributed by atoms with Crippen molar-refractivity contribution >= 4 is 33.4 Å². The molecule has 0 atom stereocenters. The van der Waals surface area contributed by atoms with Crippen LogP contribution in [0.3, 0.4) is 0 Å². The van der Waals surface area contributed by atoms with Crippen molar-refractivity contribution in [3.05, 3.63) is 28.2 Å². The Morgan fingerprint density at radius 2 is 2.00 bits per heavy atom. The highest BCUT2D eigenvalue weighted by Gasteiger charge is 2.12. The van der Waals surface area contributed by atoms with Crippen LogP contribution in [0.1, 0.15) is 18.9 Å². The number of anilines is 1. The van der Waals surface area contributed by atoms with Crippen molar-refractivity contribution in [2.45, 2.75) is 20.3 Å². The Morgan fingerprint density at radius 1 is 1.29 bits per heavy atom. The molecule has 0 aliphatic heterocycles. The van der Waals surface area contributed by atoms with E-state index in [-0.39, 0.29) is 0 Å². The lowest BCUT2D eigenvalue weighted by molar-refractivity contribution is -0.136. The van der Waals surface area contributed by atoms with Gasteiger partial charge in [-0.3, -0.25) is 9.59 Å². The van der Waals surface area contributed by atoms with Gasteiger partial charge >= 0.3 is 11.8 Å². The first-order valence-electron chi connectivity index (χ1n) is 5.40. The molecule has 0 heterocycles. The standard InChI is InChI=1S/C12H15BrN2O2/c1-3-6-14-11(16)12(17)15-9-4-5-10(13)8(2)7-9/h4-5,7H,3,6H2,1-2H3,(H,14,16)(H,15,17). The number of amides is 2. The zero-order valence-corrected chi connectivity index (χ0v) is 11.4. The minimum Gasteiger partial charge on any atom is -0.348 e. The van der Waals surface area contributed by atoms with Gasteiger partial charge in [0.25, 0.3) is 0 Å². The summed E-state index contributed by atoms with van der Waals surface area (Å²) in [4.78, 5) is 22.8. The fraction of sp³-hybridized carbons (Fsp3) is 0.333. The minimum absolute atomic E-state index is 0.506. The fourth-order valence-electron chi connectivity index (χ4n) is 1.23. The van der Waals surface area contributed by atoms with Crippen molar-refractivity contribution in [1.82, 2.24) is 5.32 Å². The maximum atomic E-state index is 11.5. The second-order valence-electron chi connectivity index (χ2n) is 3.67. The van der Waals surface area contributed by atoms with E-state index in [0.717, 1.165) is 16.5 Å². The molecule has 0 saturated carbocycles. The van der Waals surface area contributed by atoms with Gasteiger partial charge < -0.3 is 10.6 Å². The summed E-state index contributed by atoms with van der Waals surface area (Å²) in [6.07, 6.45) is 0.802. The van der Waals surface area contributed by atoms with Crippen molar-refractivity contribution in [2.75, 3.05) is 11.9 Å². The Labute approximate surface area is 109 Å². The van der Waals surface area contributed by atoms with E-state index in [1.165, 1.54) is 0 Å². The molecule has 92 valence electrons. The average molecular weight is 299 g/mol. The number of carbonyl (C=O) groups is 2. The zero-order valence-electron chi connectivity index (χ0n) is 9.84. The second kappa shape index (κ2) is 6.39. The number of halogens is 1. The molecule has 0 unspecified atom stereocenters. The lowest BCUT2D eigenvalue weighted by atomic mass is 10.2. The maximum Gasteiger partial charge on any atom is 0.313 e. The topological polar surface area (TPSA) is 58.2 Å². The molecule has 0 fully saturated rings. The number of hydrogen-bond acceptors (Lipinski definition) is 2. The summed E-state index contributed by atoms with van der Waals surface area (Å²) in [7, 11) is 0. The molecule has 0 radical (unpaired) electrons. The quantitative estimate of drug-likeness (QED) is 0.841. The fourth-order valence-corrected chi connectivity index (χ4v) is 1.48. The smallest absolute Gasteiger partial charge is 0.313 e. The van der Waals surface area contributed by atoms with E-state index >= 15 is 0 Å². The predicted octanol–water partition coefficient (Wildman–Crippen LogP) is 2.22. The molecule has 17 heavy (non-hydrogen) atoms. The van der Waals surface area contributed by atoms with E-state index in [9.17, 15) is 9.59 Å². The van der Waals surface area contributed by atoms with E-state index in [0.29, 0.717) is 12.2 Å². The molecule has 1 rings (SSSR count). The van der Waals surface area contributed by atoms with E-state index in [1.807, 2.05) is 19.9 Å². The van der Waals surface area contributed by atoms with Gasteiger partial charge in [-0.1, -0.05) is 22.9 Å². The third-order valence-electron chi connectivity index (χ3n) is 2.16. The third-order valence-corrected chi connectivity index (χ3v) is 3.05. The third kappa shape index (κ3) is 4.19. The molecule has 2 N–H and O–H groups in total. The summed E-state index contributed by atoms with van der Waals surface area (Å²) in [6.45, 7) is 4.35. The second-order valence-corrected chi connectivity index (χ2v) is 4.53. The summed E-state index contributed by atoms with van der Waals surface area (Å²) >= 11 is 3.37. The largest absolute Gasteiger partial charge is 0.348 e. The summed E-state index contributed by atoms with van der Waals surface area (Å²) in [5, 5.41) is 5.06. The highest BCUT2D eigenvalue weighted by Crippen LogP contribution is 2.19. The lowest BCUT2D eigenvalue weighted by Gasteiger charge is -2.07. The van der Waals surface area contributed by atoms with Crippen LogP contribution < -0.4 is 10.6 Å². The van der Waals surface area contributed by atoms with Crippen molar-refractivity contribution in [3.63, 3.8) is 0 Å². The SMILES string of the molecule is CCCNC(=O)C(=O)Nc1ccc(Br)c(C)c1. The van der Waals surface area contributed by atoms with Crippen molar-refractivity contribution in [3.8, 4) is 0 Å². The first kappa shape index (κ1) is 13.7. The molecular formula is C12H15BrN2O2. The molecule has 0 saturated heterocycles. The van der Waals surface area contributed by atoms with Gasteiger partial charge in [0.15, 0.2) is 0 Å². The van der Waals surface area contributed by atoms with Gasteiger partial charge in [0, 0.05) is 16.7 Å². The van der Waals surface area contributed by atoms with Gasteiger partial charge in [-0.25, -0.2) is 0 Å². The Kier molecular flexibility index (Phi) is 5.15. The number of aryl methyl sites for hydroxylation is 1. The molecule has 5 heteroatoms. The Hall–Kier alpha value is -1.36. The summed E-state index contributed by atoms with van der Waals surface area (Å²) in [5.74, 6) is -1.24. The highest BCUT2D eigenvalue weighted by molar-refractivity contribution is 9.10.